The molecule has 3 aromatic rings. The van der Waals surface area contributed by atoms with Gasteiger partial charge in [-0.15, -0.1) is 11.3 Å². The van der Waals surface area contributed by atoms with E-state index in [9.17, 15) is 9.90 Å². The number of nitrogens with zero attached hydrogens (tertiary/aromatic N) is 4. The number of aliphatic hydroxyl groups is 1. The number of carbonyl (C=O) groups excluding carboxylic acids is 1. The van der Waals surface area contributed by atoms with Crippen molar-refractivity contribution in [3.8, 4) is 0 Å². The lowest BCUT2D eigenvalue weighted by atomic mass is 10.2. The number of hydrogen-bond donors (Lipinski definition) is 1. The summed E-state index contributed by atoms with van der Waals surface area (Å²) in [5, 5.41) is 15.3. The van der Waals surface area contributed by atoms with Gasteiger partial charge in [-0.1, -0.05) is 30.3 Å². The van der Waals surface area contributed by atoms with Gasteiger partial charge in [0.2, 0.25) is 0 Å². The van der Waals surface area contributed by atoms with E-state index in [0.717, 1.165) is 11.1 Å². The van der Waals surface area contributed by atoms with Crippen LogP contribution in [0.3, 0.4) is 0 Å². The van der Waals surface area contributed by atoms with Crippen LogP contribution in [0, 0.1) is 0 Å². The Morgan fingerprint density at radius 2 is 2.08 bits per heavy atom. The maximum absolute atomic E-state index is 12.4. The molecule has 0 unspecified atom stereocenters. The summed E-state index contributed by atoms with van der Waals surface area (Å²) in [5.41, 5.74) is 4.12. The van der Waals surface area contributed by atoms with Gasteiger partial charge in [0.15, 0.2) is 0 Å². The molecule has 3 rings (SSSR count). The Hall–Kier alpha value is -2.51. The van der Waals surface area contributed by atoms with Crippen LogP contribution in [-0.4, -0.2) is 43.8 Å². The van der Waals surface area contributed by atoms with Crippen molar-refractivity contribution < 1.29 is 9.90 Å². The van der Waals surface area contributed by atoms with Crippen molar-refractivity contribution in [2.24, 2.45) is 0 Å². The minimum absolute atomic E-state index is 0.0893. The summed E-state index contributed by atoms with van der Waals surface area (Å²) in [5.74, 6) is -0.180. The van der Waals surface area contributed by atoms with Crippen molar-refractivity contribution in [3.05, 3.63) is 70.4 Å². The zero-order valence-electron chi connectivity index (χ0n) is 13.1. The fraction of sp³-hybridized carbons (Fsp3) is 0.235. The molecule has 1 N–H and O–H groups in total. The van der Waals surface area contributed by atoms with E-state index in [2.05, 4.69) is 10.1 Å². The third-order valence-electron chi connectivity index (χ3n) is 3.56. The van der Waals surface area contributed by atoms with Crippen LogP contribution in [0.1, 0.15) is 21.6 Å². The highest BCUT2D eigenvalue weighted by atomic mass is 32.1. The average molecular weight is 342 g/mol. The van der Waals surface area contributed by atoms with E-state index in [1.807, 2.05) is 41.2 Å². The molecule has 0 saturated heterocycles. The molecule has 0 aliphatic heterocycles. The van der Waals surface area contributed by atoms with Crippen LogP contribution in [0.4, 0.5) is 0 Å². The molecule has 0 atom stereocenters. The summed E-state index contributed by atoms with van der Waals surface area (Å²) in [6, 6.07) is 10.1. The molecule has 124 valence electrons. The fourth-order valence-corrected chi connectivity index (χ4v) is 2.94. The van der Waals surface area contributed by atoms with Gasteiger partial charge in [0.25, 0.3) is 5.91 Å². The van der Waals surface area contributed by atoms with E-state index >= 15 is 0 Å². The molecule has 24 heavy (non-hydrogen) atoms. The van der Waals surface area contributed by atoms with Gasteiger partial charge in [-0.05, 0) is 5.56 Å². The van der Waals surface area contributed by atoms with Crippen molar-refractivity contribution in [2.75, 3.05) is 13.2 Å². The zero-order chi connectivity index (χ0) is 16.8. The molecule has 2 heterocycles. The van der Waals surface area contributed by atoms with Gasteiger partial charge in [-0.2, -0.15) is 5.10 Å². The van der Waals surface area contributed by atoms with E-state index in [1.54, 1.807) is 22.0 Å². The Balaban J connectivity index is 1.68. The lowest BCUT2D eigenvalue weighted by Gasteiger charge is -2.19. The standard InChI is InChI=1S/C17H18N4O2S/c22-7-6-20(17(23)16-12-24-13-18-16)9-15-8-19-21(11-15)10-14-4-2-1-3-5-14/h1-5,8,11-13,22H,6-7,9-10H2. The number of benzene rings is 1. The highest BCUT2D eigenvalue weighted by molar-refractivity contribution is 7.07. The second-order valence-electron chi connectivity index (χ2n) is 5.36. The topological polar surface area (TPSA) is 71.2 Å². The molecule has 0 radical (unpaired) electrons. The molecular formula is C17H18N4O2S. The van der Waals surface area contributed by atoms with Crippen LogP contribution < -0.4 is 0 Å². The lowest BCUT2D eigenvalue weighted by molar-refractivity contribution is 0.0702. The molecule has 0 fully saturated rings. The van der Waals surface area contributed by atoms with Crippen LogP contribution in [0.15, 0.2) is 53.6 Å². The lowest BCUT2D eigenvalue weighted by Crippen LogP contribution is -2.33. The Labute approximate surface area is 144 Å². The van der Waals surface area contributed by atoms with Crippen molar-refractivity contribution in [2.45, 2.75) is 13.1 Å². The molecular weight excluding hydrogens is 324 g/mol. The second-order valence-corrected chi connectivity index (χ2v) is 6.07. The van der Waals surface area contributed by atoms with Crippen LogP contribution in [0.5, 0.6) is 0 Å². The van der Waals surface area contributed by atoms with Gasteiger partial charge >= 0.3 is 0 Å². The minimum Gasteiger partial charge on any atom is -0.395 e. The molecule has 0 spiro atoms. The number of thiazole rings is 1. The van der Waals surface area contributed by atoms with Gasteiger partial charge in [0.05, 0.1) is 24.9 Å². The second kappa shape index (κ2) is 7.85. The third kappa shape index (κ3) is 4.06. The highest BCUT2D eigenvalue weighted by Gasteiger charge is 2.18. The largest absolute Gasteiger partial charge is 0.395 e. The Morgan fingerprint density at radius 1 is 1.25 bits per heavy atom. The molecule has 0 bridgehead atoms. The van der Waals surface area contributed by atoms with Crippen LogP contribution in [-0.2, 0) is 13.1 Å². The number of amides is 1. The summed E-state index contributed by atoms with van der Waals surface area (Å²) in [4.78, 5) is 18.1. The van der Waals surface area contributed by atoms with Crippen molar-refractivity contribution in [3.63, 3.8) is 0 Å². The normalized spacial score (nSPS) is 10.7. The first-order chi connectivity index (χ1) is 11.8. The quantitative estimate of drug-likeness (QED) is 0.713. The summed E-state index contributed by atoms with van der Waals surface area (Å²) < 4.78 is 1.84. The average Bonchev–Trinajstić information content (AvgIpc) is 3.27. The number of rotatable bonds is 7. The van der Waals surface area contributed by atoms with Crippen molar-refractivity contribution in [1.29, 1.82) is 0 Å². The Kier molecular flexibility index (Phi) is 5.35. The van der Waals surface area contributed by atoms with Gasteiger partial charge in [0, 0.05) is 30.2 Å². The fourth-order valence-electron chi connectivity index (χ4n) is 2.42. The summed E-state index contributed by atoms with van der Waals surface area (Å²) >= 11 is 1.38. The predicted molar refractivity (Wildman–Crippen MR) is 91.7 cm³/mol. The van der Waals surface area contributed by atoms with E-state index in [0.29, 0.717) is 18.8 Å². The highest BCUT2D eigenvalue weighted by Crippen LogP contribution is 2.11. The van der Waals surface area contributed by atoms with Gasteiger partial charge in [-0.3, -0.25) is 9.48 Å². The number of carbonyl (C=O) groups is 1. The van der Waals surface area contributed by atoms with Crippen molar-refractivity contribution in [1.82, 2.24) is 19.7 Å². The van der Waals surface area contributed by atoms with Crippen LogP contribution in [0.25, 0.3) is 0 Å². The first kappa shape index (κ1) is 16.4. The Bertz CT molecular complexity index is 771. The minimum atomic E-state index is -0.180. The molecule has 2 aromatic heterocycles. The maximum Gasteiger partial charge on any atom is 0.273 e. The number of aliphatic hydroxyl groups excluding tert-OH is 1. The summed E-state index contributed by atoms with van der Waals surface area (Å²) in [6.07, 6.45) is 3.67. The van der Waals surface area contributed by atoms with E-state index < -0.39 is 0 Å². The third-order valence-corrected chi connectivity index (χ3v) is 4.14. The molecule has 0 saturated carbocycles. The van der Waals surface area contributed by atoms with Gasteiger partial charge in [0.1, 0.15) is 5.69 Å². The SMILES string of the molecule is O=C(c1cscn1)N(CCO)Cc1cnn(Cc2ccccc2)c1. The van der Waals surface area contributed by atoms with E-state index in [-0.39, 0.29) is 19.1 Å². The zero-order valence-corrected chi connectivity index (χ0v) is 13.9. The molecule has 0 aliphatic carbocycles. The predicted octanol–water partition coefficient (Wildman–Crippen LogP) is 2.02. The maximum atomic E-state index is 12.4. The molecule has 1 amide bonds. The number of aromatic nitrogens is 3. The summed E-state index contributed by atoms with van der Waals surface area (Å²) in [6.45, 7) is 1.25. The smallest absolute Gasteiger partial charge is 0.273 e. The first-order valence-electron chi connectivity index (χ1n) is 7.60. The van der Waals surface area contributed by atoms with Crippen molar-refractivity contribution >= 4 is 17.2 Å². The summed E-state index contributed by atoms with van der Waals surface area (Å²) in [7, 11) is 0. The first-order valence-corrected chi connectivity index (χ1v) is 8.54. The molecule has 6 nitrogen and oxygen atoms in total. The van der Waals surface area contributed by atoms with Gasteiger partial charge < -0.3 is 10.0 Å². The Morgan fingerprint density at radius 3 is 2.79 bits per heavy atom. The number of hydrogen-bond acceptors (Lipinski definition) is 5. The molecule has 7 heteroatoms. The van der Waals surface area contributed by atoms with Gasteiger partial charge in [-0.25, -0.2) is 4.98 Å². The van der Waals surface area contributed by atoms with E-state index in [4.69, 9.17) is 0 Å². The van der Waals surface area contributed by atoms with Crippen LogP contribution >= 0.6 is 11.3 Å². The monoisotopic (exact) mass is 342 g/mol. The molecule has 0 aliphatic rings. The molecule has 1 aromatic carbocycles. The van der Waals surface area contributed by atoms with E-state index in [1.165, 1.54) is 11.3 Å². The van der Waals surface area contributed by atoms with Crippen LogP contribution in [0.2, 0.25) is 0 Å².